The number of Topliss-reactive ketones (excluding diaryl/α,β-unsaturated/α-hetero) is 1. The van der Waals surface area contributed by atoms with Gasteiger partial charge in [0.1, 0.15) is 12.5 Å². The third kappa shape index (κ3) is 4.85. The highest BCUT2D eigenvalue weighted by Gasteiger charge is 2.23. The van der Waals surface area contributed by atoms with E-state index in [0.717, 1.165) is 0 Å². The Hall–Kier alpha value is -0.610. The molecule has 0 aromatic carbocycles. The average Bonchev–Trinajstić information content (AvgIpc) is 2.05. The lowest BCUT2D eigenvalue weighted by atomic mass is 10.0. The van der Waals surface area contributed by atoms with Gasteiger partial charge in [-0.2, -0.15) is 0 Å². The van der Waals surface area contributed by atoms with E-state index >= 15 is 0 Å². The Morgan fingerprint density at radius 1 is 1.54 bits per heavy atom. The average molecular weight is 209 g/mol. The van der Waals surface area contributed by atoms with Crippen molar-refractivity contribution in [2.75, 3.05) is 19.1 Å². The Kier molecular flexibility index (Phi) is 6.54. The third-order valence-corrected chi connectivity index (χ3v) is 1.72. The van der Waals surface area contributed by atoms with Crippen molar-refractivity contribution in [3.63, 3.8) is 0 Å². The monoisotopic (exact) mass is 208 g/mol. The predicted octanol–water partition coefficient (Wildman–Crippen LogP) is 0.922. The molecule has 0 radical (unpaired) electrons. The maximum atomic E-state index is 11.1. The van der Waals surface area contributed by atoms with Crippen LogP contribution in [0.3, 0.4) is 0 Å². The lowest BCUT2D eigenvalue weighted by Gasteiger charge is -2.07. The number of ketones is 1. The van der Waals surface area contributed by atoms with Gasteiger partial charge < -0.3 is 9.84 Å². The van der Waals surface area contributed by atoms with Crippen molar-refractivity contribution in [2.45, 2.75) is 13.3 Å². The van der Waals surface area contributed by atoms with Crippen molar-refractivity contribution in [3.05, 3.63) is 0 Å². The van der Waals surface area contributed by atoms with Gasteiger partial charge in [-0.25, -0.2) is 0 Å². The fourth-order valence-electron chi connectivity index (χ4n) is 0.868. The summed E-state index contributed by atoms with van der Waals surface area (Å²) >= 11 is 5.31. The summed E-state index contributed by atoms with van der Waals surface area (Å²) in [6.45, 7) is 1.75. The Balaban J connectivity index is 3.85. The molecule has 76 valence electrons. The first-order valence-electron chi connectivity index (χ1n) is 4.02. The van der Waals surface area contributed by atoms with Gasteiger partial charge in [0.15, 0.2) is 5.78 Å². The van der Waals surface area contributed by atoms with Crippen LogP contribution in [-0.2, 0) is 14.3 Å². The number of rotatable bonds is 7. The van der Waals surface area contributed by atoms with E-state index in [-0.39, 0.29) is 13.2 Å². The van der Waals surface area contributed by atoms with Crippen LogP contribution in [0.4, 0.5) is 0 Å². The lowest BCUT2D eigenvalue weighted by molar-refractivity contribution is -0.147. The molecular formula is C8H13ClO4. The molecule has 4 nitrogen and oxygen atoms in total. The van der Waals surface area contributed by atoms with E-state index in [2.05, 4.69) is 0 Å². The van der Waals surface area contributed by atoms with E-state index in [1.54, 1.807) is 6.92 Å². The van der Waals surface area contributed by atoms with Gasteiger partial charge in [0.25, 0.3) is 0 Å². The van der Waals surface area contributed by atoms with Crippen molar-refractivity contribution >= 4 is 23.4 Å². The van der Waals surface area contributed by atoms with Crippen LogP contribution < -0.4 is 0 Å². The van der Waals surface area contributed by atoms with Gasteiger partial charge in [-0.1, -0.05) is 6.92 Å². The molecule has 0 rings (SSSR count). The van der Waals surface area contributed by atoms with Gasteiger partial charge in [-0.15, -0.1) is 11.6 Å². The minimum Gasteiger partial charge on any atom is -0.481 e. The molecule has 5 heteroatoms. The molecule has 1 atom stereocenters. The van der Waals surface area contributed by atoms with Gasteiger partial charge in [-0.05, 0) is 6.42 Å². The summed E-state index contributed by atoms with van der Waals surface area (Å²) in [6.07, 6.45) is 0.290. The number of ether oxygens (including phenoxy) is 1. The van der Waals surface area contributed by atoms with Crippen LogP contribution in [-0.4, -0.2) is 36.0 Å². The fourth-order valence-corrected chi connectivity index (χ4v) is 0.977. The maximum Gasteiger partial charge on any atom is 0.314 e. The highest BCUT2D eigenvalue weighted by molar-refractivity contribution is 6.18. The zero-order valence-corrected chi connectivity index (χ0v) is 8.21. The van der Waals surface area contributed by atoms with Crippen molar-refractivity contribution < 1.29 is 19.4 Å². The molecule has 0 aromatic heterocycles. The van der Waals surface area contributed by atoms with Crippen LogP contribution in [0.25, 0.3) is 0 Å². The Bertz CT molecular complexity index is 181. The summed E-state index contributed by atoms with van der Waals surface area (Å²) in [5.41, 5.74) is 0. The van der Waals surface area contributed by atoms with E-state index in [4.69, 9.17) is 21.4 Å². The Morgan fingerprint density at radius 2 is 2.15 bits per heavy atom. The minimum atomic E-state index is -1.10. The first-order chi connectivity index (χ1) is 6.13. The SMILES string of the molecule is CCC(C(=O)O)C(=O)COCCCl. The topological polar surface area (TPSA) is 63.6 Å². The van der Waals surface area contributed by atoms with Crippen molar-refractivity contribution in [1.29, 1.82) is 0 Å². The normalized spacial score (nSPS) is 12.5. The van der Waals surface area contributed by atoms with Crippen molar-refractivity contribution in [3.8, 4) is 0 Å². The molecule has 0 amide bonds. The van der Waals surface area contributed by atoms with Gasteiger partial charge in [-0.3, -0.25) is 9.59 Å². The first-order valence-corrected chi connectivity index (χ1v) is 4.56. The molecular weight excluding hydrogens is 196 g/mol. The second-order valence-electron chi connectivity index (χ2n) is 2.51. The van der Waals surface area contributed by atoms with E-state index < -0.39 is 17.7 Å². The number of aliphatic carboxylic acids is 1. The van der Waals surface area contributed by atoms with Gasteiger partial charge in [0, 0.05) is 5.88 Å². The smallest absolute Gasteiger partial charge is 0.314 e. The summed E-state index contributed by atoms with van der Waals surface area (Å²) < 4.78 is 4.83. The van der Waals surface area contributed by atoms with Gasteiger partial charge in [0.05, 0.1) is 6.61 Å². The number of alkyl halides is 1. The van der Waals surface area contributed by atoms with Crippen LogP contribution in [0, 0.1) is 5.92 Å². The van der Waals surface area contributed by atoms with Crippen LogP contribution in [0.15, 0.2) is 0 Å². The molecule has 0 bridgehead atoms. The summed E-state index contributed by atoms with van der Waals surface area (Å²) in [7, 11) is 0. The fraction of sp³-hybridized carbons (Fsp3) is 0.750. The molecule has 0 aromatic rings. The Labute approximate surface area is 81.8 Å². The predicted molar refractivity (Wildman–Crippen MR) is 48.0 cm³/mol. The molecule has 0 heterocycles. The molecule has 0 aliphatic rings. The number of halogens is 1. The highest BCUT2D eigenvalue weighted by Crippen LogP contribution is 2.04. The van der Waals surface area contributed by atoms with Gasteiger partial charge >= 0.3 is 5.97 Å². The number of carbonyl (C=O) groups excluding carboxylic acids is 1. The number of carbonyl (C=O) groups is 2. The molecule has 13 heavy (non-hydrogen) atoms. The maximum absolute atomic E-state index is 11.1. The van der Waals surface area contributed by atoms with Crippen molar-refractivity contribution in [1.82, 2.24) is 0 Å². The second kappa shape index (κ2) is 6.86. The lowest BCUT2D eigenvalue weighted by Crippen LogP contribution is -2.26. The van der Waals surface area contributed by atoms with Gasteiger partial charge in [0.2, 0.25) is 0 Å². The van der Waals surface area contributed by atoms with E-state index in [1.807, 2.05) is 0 Å². The van der Waals surface area contributed by atoms with Crippen molar-refractivity contribution in [2.24, 2.45) is 5.92 Å². The van der Waals surface area contributed by atoms with Crippen LogP contribution >= 0.6 is 11.6 Å². The zero-order valence-electron chi connectivity index (χ0n) is 7.46. The molecule has 1 N–H and O–H groups in total. The summed E-state index contributed by atoms with van der Waals surface area (Å²) in [4.78, 5) is 21.6. The highest BCUT2D eigenvalue weighted by atomic mass is 35.5. The summed E-state index contributed by atoms with van der Waals surface area (Å²) in [6, 6.07) is 0. The number of hydrogen-bond acceptors (Lipinski definition) is 3. The number of hydrogen-bond donors (Lipinski definition) is 1. The van der Waals surface area contributed by atoms with E-state index in [1.165, 1.54) is 0 Å². The van der Waals surface area contributed by atoms with Crippen LogP contribution in [0.5, 0.6) is 0 Å². The zero-order chi connectivity index (χ0) is 10.3. The quantitative estimate of drug-likeness (QED) is 0.384. The summed E-state index contributed by atoms with van der Waals surface area (Å²) in [5.74, 6) is -2.14. The number of carboxylic acid groups (broad SMARTS) is 1. The number of carboxylic acids is 1. The van der Waals surface area contributed by atoms with Crippen LogP contribution in [0.2, 0.25) is 0 Å². The van der Waals surface area contributed by atoms with Crippen LogP contribution in [0.1, 0.15) is 13.3 Å². The largest absolute Gasteiger partial charge is 0.481 e. The standard InChI is InChI=1S/C8H13ClO4/c1-2-6(8(11)12)7(10)5-13-4-3-9/h6H,2-5H2,1H3,(H,11,12). The van der Waals surface area contributed by atoms with E-state index in [0.29, 0.717) is 12.3 Å². The summed E-state index contributed by atoms with van der Waals surface area (Å²) in [5, 5.41) is 8.60. The molecule has 0 aliphatic heterocycles. The minimum absolute atomic E-state index is 0.169. The third-order valence-electron chi connectivity index (χ3n) is 1.56. The van der Waals surface area contributed by atoms with E-state index in [9.17, 15) is 9.59 Å². The molecule has 0 saturated heterocycles. The first kappa shape index (κ1) is 12.4. The molecule has 0 saturated carbocycles. The second-order valence-corrected chi connectivity index (χ2v) is 2.88. The molecule has 0 fully saturated rings. The molecule has 1 unspecified atom stereocenters. The molecule has 0 spiro atoms. The molecule has 0 aliphatic carbocycles. The Morgan fingerprint density at radius 3 is 2.54 bits per heavy atom.